The van der Waals surface area contributed by atoms with E-state index >= 15 is 0 Å². The normalized spacial score (nSPS) is 23.9. The summed E-state index contributed by atoms with van der Waals surface area (Å²) >= 11 is 0. The molecule has 0 radical (unpaired) electrons. The molecule has 1 fully saturated rings. The Labute approximate surface area is 117 Å². The van der Waals surface area contributed by atoms with Gasteiger partial charge in [0, 0.05) is 20.1 Å². The molecule has 1 aliphatic rings. The lowest BCUT2D eigenvalue weighted by Gasteiger charge is -2.37. The summed E-state index contributed by atoms with van der Waals surface area (Å²) in [5.41, 5.74) is 8.21. The Morgan fingerprint density at radius 2 is 1.95 bits per heavy atom. The van der Waals surface area contributed by atoms with Crippen molar-refractivity contribution in [3.05, 3.63) is 5.69 Å². The molecule has 1 saturated carbocycles. The van der Waals surface area contributed by atoms with E-state index in [4.69, 9.17) is 5.73 Å². The lowest BCUT2D eigenvalue weighted by Crippen LogP contribution is -2.40. The molecule has 108 valence electrons. The summed E-state index contributed by atoms with van der Waals surface area (Å²) in [5, 5.41) is 4.60. The summed E-state index contributed by atoms with van der Waals surface area (Å²) in [6.07, 6.45) is 5.28. The molecule has 19 heavy (non-hydrogen) atoms. The van der Waals surface area contributed by atoms with Gasteiger partial charge < -0.3 is 10.6 Å². The smallest absolute Gasteiger partial charge is 0.150 e. The number of nitrogens with zero attached hydrogens (tertiary/aromatic N) is 3. The second-order valence-electron chi connectivity index (χ2n) is 6.34. The van der Waals surface area contributed by atoms with Gasteiger partial charge in [0.2, 0.25) is 0 Å². The lowest BCUT2D eigenvalue weighted by molar-refractivity contribution is 0.319. The van der Waals surface area contributed by atoms with Crippen molar-refractivity contribution in [1.82, 2.24) is 9.78 Å². The molecule has 4 nitrogen and oxygen atoms in total. The zero-order valence-electron chi connectivity index (χ0n) is 13.0. The van der Waals surface area contributed by atoms with E-state index in [9.17, 15) is 0 Å². The fraction of sp³-hybridized carbons (Fsp3) is 0.800. The molecule has 2 unspecified atom stereocenters. The first kappa shape index (κ1) is 14.2. The van der Waals surface area contributed by atoms with Gasteiger partial charge in [-0.15, -0.1) is 0 Å². The molecule has 0 aromatic carbocycles. The minimum absolute atomic E-state index is 0.372. The van der Waals surface area contributed by atoms with E-state index in [2.05, 4.69) is 37.8 Å². The van der Waals surface area contributed by atoms with Gasteiger partial charge in [0.15, 0.2) is 0 Å². The van der Waals surface area contributed by atoms with E-state index in [0.717, 1.165) is 23.1 Å². The third-order valence-electron chi connectivity index (χ3n) is 4.53. The average Bonchev–Trinajstić information content (AvgIpc) is 2.65. The second-order valence-corrected chi connectivity index (χ2v) is 6.34. The molecule has 1 aliphatic carbocycles. The van der Waals surface area contributed by atoms with E-state index in [1.807, 2.05) is 11.7 Å². The van der Waals surface area contributed by atoms with Crippen LogP contribution < -0.4 is 10.6 Å². The highest BCUT2D eigenvalue weighted by Crippen LogP contribution is 2.35. The van der Waals surface area contributed by atoms with E-state index < -0.39 is 0 Å². The number of aromatic nitrogens is 2. The maximum Gasteiger partial charge on any atom is 0.150 e. The molecule has 1 heterocycles. The summed E-state index contributed by atoms with van der Waals surface area (Å²) in [6.45, 7) is 6.65. The largest absolute Gasteiger partial charge is 0.394 e. The molecule has 4 heteroatoms. The number of aryl methyl sites for hydroxylation is 1. The maximum absolute atomic E-state index is 6.33. The lowest BCUT2D eigenvalue weighted by atomic mass is 9.85. The molecule has 1 aromatic rings. The fourth-order valence-corrected chi connectivity index (χ4v) is 3.43. The third-order valence-corrected chi connectivity index (χ3v) is 4.53. The van der Waals surface area contributed by atoms with Gasteiger partial charge in [-0.05, 0) is 24.7 Å². The van der Waals surface area contributed by atoms with Crippen molar-refractivity contribution in [1.29, 1.82) is 0 Å². The van der Waals surface area contributed by atoms with Crippen LogP contribution in [0.25, 0.3) is 0 Å². The Morgan fingerprint density at radius 3 is 2.47 bits per heavy atom. The third kappa shape index (κ3) is 2.58. The van der Waals surface area contributed by atoms with Crippen LogP contribution in [0.3, 0.4) is 0 Å². The average molecular weight is 264 g/mol. The van der Waals surface area contributed by atoms with Gasteiger partial charge in [-0.25, -0.2) is 0 Å². The zero-order chi connectivity index (χ0) is 14.2. The molecule has 0 amide bonds. The first-order valence-corrected chi connectivity index (χ1v) is 7.48. The van der Waals surface area contributed by atoms with Crippen molar-refractivity contribution in [2.75, 3.05) is 17.7 Å². The zero-order valence-corrected chi connectivity index (χ0v) is 13.0. The van der Waals surface area contributed by atoms with Gasteiger partial charge in [0.25, 0.3) is 0 Å². The second kappa shape index (κ2) is 5.43. The van der Waals surface area contributed by atoms with Crippen LogP contribution in [0.4, 0.5) is 11.5 Å². The van der Waals surface area contributed by atoms with Gasteiger partial charge >= 0.3 is 0 Å². The topological polar surface area (TPSA) is 47.1 Å². The fourth-order valence-electron chi connectivity index (χ4n) is 3.43. The predicted octanol–water partition coefficient (Wildman–Crippen LogP) is 3.14. The molecule has 2 rings (SSSR count). The van der Waals surface area contributed by atoms with Crippen molar-refractivity contribution >= 4 is 11.5 Å². The van der Waals surface area contributed by atoms with Crippen molar-refractivity contribution < 1.29 is 0 Å². The van der Waals surface area contributed by atoms with Crippen molar-refractivity contribution in [3.8, 4) is 0 Å². The van der Waals surface area contributed by atoms with Crippen LogP contribution in [0.15, 0.2) is 0 Å². The summed E-state index contributed by atoms with van der Waals surface area (Å²) in [5.74, 6) is 2.19. The Kier molecular flexibility index (Phi) is 4.07. The quantitative estimate of drug-likeness (QED) is 0.912. The van der Waals surface area contributed by atoms with Gasteiger partial charge in [0.05, 0.1) is 11.4 Å². The number of hydrogen-bond acceptors (Lipinski definition) is 3. The summed E-state index contributed by atoms with van der Waals surface area (Å²) in [6, 6.07) is 0.589. The maximum atomic E-state index is 6.33. The molecule has 0 saturated heterocycles. The van der Waals surface area contributed by atoms with Gasteiger partial charge in [-0.3, -0.25) is 4.68 Å². The van der Waals surface area contributed by atoms with E-state index in [-0.39, 0.29) is 0 Å². The van der Waals surface area contributed by atoms with E-state index in [1.54, 1.807) is 0 Å². The molecule has 2 atom stereocenters. The van der Waals surface area contributed by atoms with Crippen LogP contribution >= 0.6 is 0 Å². The number of nitrogen functional groups attached to an aromatic ring is 1. The van der Waals surface area contributed by atoms with Crippen LogP contribution in [-0.4, -0.2) is 22.9 Å². The summed E-state index contributed by atoms with van der Waals surface area (Å²) in [7, 11) is 4.17. The predicted molar refractivity (Wildman–Crippen MR) is 81.5 cm³/mol. The molecule has 0 bridgehead atoms. The minimum atomic E-state index is 0.372. The van der Waals surface area contributed by atoms with Crippen LogP contribution in [0.1, 0.15) is 58.1 Å². The highest BCUT2D eigenvalue weighted by molar-refractivity contribution is 5.67. The van der Waals surface area contributed by atoms with Crippen molar-refractivity contribution in [3.63, 3.8) is 0 Å². The monoisotopic (exact) mass is 264 g/mol. The number of hydrogen-bond donors (Lipinski definition) is 1. The van der Waals surface area contributed by atoms with Gasteiger partial charge in [-0.1, -0.05) is 33.6 Å². The number of rotatable bonds is 3. The van der Waals surface area contributed by atoms with Crippen molar-refractivity contribution in [2.24, 2.45) is 13.0 Å². The van der Waals surface area contributed by atoms with Crippen LogP contribution in [0.5, 0.6) is 0 Å². The first-order chi connectivity index (χ1) is 8.93. The van der Waals surface area contributed by atoms with Gasteiger partial charge in [0.1, 0.15) is 5.82 Å². The van der Waals surface area contributed by atoms with Gasteiger partial charge in [-0.2, -0.15) is 5.10 Å². The molecule has 0 spiro atoms. The van der Waals surface area contributed by atoms with Crippen LogP contribution in [-0.2, 0) is 7.05 Å². The van der Waals surface area contributed by atoms with Crippen molar-refractivity contribution in [2.45, 2.75) is 58.4 Å². The molecule has 1 aromatic heterocycles. The Hall–Kier alpha value is -1.19. The Bertz CT molecular complexity index is 436. The minimum Gasteiger partial charge on any atom is -0.394 e. The van der Waals surface area contributed by atoms with Crippen LogP contribution in [0, 0.1) is 5.92 Å². The SMILES string of the molecule is CC(C)c1nn(C)c(N(C)C2CCCCC2C)c1N. The number of nitrogens with two attached hydrogens (primary N) is 1. The highest BCUT2D eigenvalue weighted by atomic mass is 15.4. The van der Waals surface area contributed by atoms with E-state index in [1.165, 1.54) is 25.7 Å². The highest BCUT2D eigenvalue weighted by Gasteiger charge is 2.29. The molecule has 0 aliphatic heterocycles. The Balaban J connectivity index is 2.30. The summed E-state index contributed by atoms with van der Waals surface area (Å²) in [4.78, 5) is 2.36. The molecular formula is C15H28N4. The van der Waals surface area contributed by atoms with Crippen LogP contribution in [0.2, 0.25) is 0 Å². The standard InChI is InChI=1S/C15H28N4/c1-10(2)14-13(16)15(19(5)17-14)18(4)12-9-7-6-8-11(12)3/h10-12H,6-9,16H2,1-5H3. The first-order valence-electron chi connectivity index (χ1n) is 7.48. The molecular weight excluding hydrogens is 236 g/mol. The number of anilines is 2. The summed E-state index contributed by atoms with van der Waals surface area (Å²) < 4.78 is 1.95. The molecule has 2 N–H and O–H groups in total. The van der Waals surface area contributed by atoms with E-state index in [0.29, 0.717) is 12.0 Å². The Morgan fingerprint density at radius 1 is 1.32 bits per heavy atom.